The van der Waals surface area contributed by atoms with Gasteiger partial charge in [-0.2, -0.15) is 5.26 Å². The fourth-order valence-corrected chi connectivity index (χ4v) is 1.20. The molecule has 0 saturated heterocycles. The smallest absolute Gasteiger partial charge is 0.129 e. The second-order valence-corrected chi connectivity index (χ2v) is 3.54. The van der Waals surface area contributed by atoms with Gasteiger partial charge in [0.15, 0.2) is 0 Å². The molecule has 0 radical (unpaired) electrons. The van der Waals surface area contributed by atoms with E-state index >= 15 is 0 Å². The van der Waals surface area contributed by atoms with Crippen molar-refractivity contribution in [2.24, 2.45) is 5.92 Å². The molecule has 1 atom stereocenters. The monoisotopic (exact) mass is 193 g/mol. The van der Waals surface area contributed by atoms with E-state index in [-0.39, 0.29) is 11.5 Å². The van der Waals surface area contributed by atoms with E-state index in [1.807, 2.05) is 6.07 Å². The second kappa shape index (κ2) is 4.21. The minimum Gasteiger partial charge on any atom is -0.388 e. The van der Waals surface area contributed by atoms with Crippen molar-refractivity contribution in [1.82, 2.24) is 0 Å². The Hall–Kier alpha value is -1.40. The Bertz CT molecular complexity index is 368. The Balaban J connectivity index is 3.13. The van der Waals surface area contributed by atoms with Gasteiger partial charge in [-0.05, 0) is 24.1 Å². The van der Waals surface area contributed by atoms with Crippen molar-refractivity contribution in [3.8, 4) is 6.07 Å². The highest BCUT2D eigenvalue weighted by Gasteiger charge is 2.16. The van der Waals surface area contributed by atoms with Gasteiger partial charge in [-0.25, -0.2) is 4.39 Å². The molecule has 0 bridgehead atoms. The van der Waals surface area contributed by atoms with Gasteiger partial charge in [-0.1, -0.05) is 13.8 Å². The summed E-state index contributed by atoms with van der Waals surface area (Å²) in [5.41, 5.74) is 0.556. The van der Waals surface area contributed by atoms with E-state index in [1.165, 1.54) is 18.2 Å². The van der Waals surface area contributed by atoms with Gasteiger partial charge >= 0.3 is 0 Å². The molecule has 1 N–H and O–H groups in total. The number of hydrogen-bond acceptors (Lipinski definition) is 2. The van der Waals surface area contributed by atoms with Crippen LogP contribution < -0.4 is 0 Å². The van der Waals surface area contributed by atoms with Crippen LogP contribution in [0.1, 0.15) is 31.1 Å². The van der Waals surface area contributed by atoms with Gasteiger partial charge in [0.2, 0.25) is 0 Å². The van der Waals surface area contributed by atoms with Crippen LogP contribution in [0.5, 0.6) is 0 Å². The molecule has 14 heavy (non-hydrogen) atoms. The summed E-state index contributed by atoms with van der Waals surface area (Å²) in [5, 5.41) is 18.3. The summed E-state index contributed by atoms with van der Waals surface area (Å²) in [7, 11) is 0. The summed E-state index contributed by atoms with van der Waals surface area (Å²) in [6, 6.07) is 5.90. The van der Waals surface area contributed by atoms with Crippen LogP contribution in [-0.4, -0.2) is 5.11 Å². The molecule has 3 heteroatoms. The van der Waals surface area contributed by atoms with Crippen molar-refractivity contribution < 1.29 is 9.50 Å². The topological polar surface area (TPSA) is 44.0 Å². The molecule has 0 aliphatic carbocycles. The molecule has 0 heterocycles. The highest BCUT2D eigenvalue weighted by molar-refractivity contribution is 5.34. The normalized spacial score (nSPS) is 12.6. The van der Waals surface area contributed by atoms with Crippen LogP contribution in [0.4, 0.5) is 4.39 Å². The Kier molecular flexibility index (Phi) is 3.21. The van der Waals surface area contributed by atoms with E-state index in [4.69, 9.17) is 5.26 Å². The molecule has 0 aliphatic rings. The molecule has 2 nitrogen and oxygen atoms in total. The maximum atomic E-state index is 13.2. The first-order chi connectivity index (χ1) is 6.56. The lowest BCUT2D eigenvalue weighted by Crippen LogP contribution is -2.07. The molecule has 0 saturated carbocycles. The van der Waals surface area contributed by atoms with E-state index < -0.39 is 11.9 Å². The van der Waals surface area contributed by atoms with Crippen molar-refractivity contribution >= 4 is 0 Å². The number of aliphatic hydroxyl groups excluding tert-OH is 1. The Morgan fingerprint density at radius 1 is 1.43 bits per heavy atom. The van der Waals surface area contributed by atoms with Crippen LogP contribution in [0, 0.1) is 23.1 Å². The molecular weight excluding hydrogens is 181 g/mol. The third kappa shape index (κ3) is 2.09. The minimum atomic E-state index is -0.858. The van der Waals surface area contributed by atoms with E-state index in [0.717, 1.165) is 0 Å². The highest BCUT2D eigenvalue weighted by Crippen LogP contribution is 2.24. The zero-order valence-electron chi connectivity index (χ0n) is 8.16. The molecule has 1 unspecified atom stereocenters. The van der Waals surface area contributed by atoms with Crippen LogP contribution in [0.2, 0.25) is 0 Å². The molecule has 1 rings (SSSR count). The fourth-order valence-electron chi connectivity index (χ4n) is 1.20. The largest absolute Gasteiger partial charge is 0.388 e. The lowest BCUT2D eigenvalue weighted by molar-refractivity contribution is 0.123. The predicted octanol–water partition coefficient (Wildman–Crippen LogP) is 2.39. The zero-order chi connectivity index (χ0) is 10.7. The van der Waals surface area contributed by atoms with Gasteiger partial charge in [0, 0.05) is 5.56 Å². The maximum absolute atomic E-state index is 13.2. The molecule has 0 fully saturated rings. The van der Waals surface area contributed by atoms with Gasteiger partial charge in [0.05, 0.1) is 17.7 Å². The van der Waals surface area contributed by atoms with Crippen molar-refractivity contribution in [3.05, 3.63) is 35.1 Å². The van der Waals surface area contributed by atoms with Crippen LogP contribution in [0.3, 0.4) is 0 Å². The van der Waals surface area contributed by atoms with E-state index in [2.05, 4.69) is 0 Å². The maximum Gasteiger partial charge on any atom is 0.129 e. The zero-order valence-corrected chi connectivity index (χ0v) is 8.16. The van der Waals surface area contributed by atoms with Crippen molar-refractivity contribution in [3.63, 3.8) is 0 Å². The van der Waals surface area contributed by atoms with Crippen LogP contribution >= 0.6 is 0 Å². The Morgan fingerprint density at radius 2 is 2.07 bits per heavy atom. The molecule has 0 aromatic heterocycles. The Labute approximate surface area is 82.6 Å². The quantitative estimate of drug-likeness (QED) is 0.783. The summed E-state index contributed by atoms with van der Waals surface area (Å²) in [6.45, 7) is 3.59. The van der Waals surface area contributed by atoms with Gasteiger partial charge in [0.1, 0.15) is 5.82 Å². The number of aliphatic hydroxyl groups is 1. The number of nitriles is 1. The van der Waals surface area contributed by atoms with E-state index in [0.29, 0.717) is 5.56 Å². The summed E-state index contributed by atoms with van der Waals surface area (Å²) in [6.07, 6.45) is -0.858. The van der Waals surface area contributed by atoms with Gasteiger partial charge in [-0.3, -0.25) is 0 Å². The van der Waals surface area contributed by atoms with Crippen LogP contribution in [0.25, 0.3) is 0 Å². The van der Waals surface area contributed by atoms with Crippen molar-refractivity contribution in [2.75, 3.05) is 0 Å². The first-order valence-electron chi connectivity index (χ1n) is 4.44. The molecule has 0 aliphatic heterocycles. The lowest BCUT2D eigenvalue weighted by atomic mass is 9.97. The van der Waals surface area contributed by atoms with Gasteiger partial charge in [0.25, 0.3) is 0 Å². The molecule has 1 aromatic rings. The minimum absolute atomic E-state index is 0.0709. The summed E-state index contributed by atoms with van der Waals surface area (Å²) in [5.74, 6) is -0.538. The summed E-state index contributed by atoms with van der Waals surface area (Å²) >= 11 is 0. The molecule has 74 valence electrons. The summed E-state index contributed by atoms with van der Waals surface area (Å²) < 4.78 is 13.2. The fraction of sp³-hybridized carbons (Fsp3) is 0.364. The molecule has 1 aromatic carbocycles. The van der Waals surface area contributed by atoms with Crippen LogP contribution in [0.15, 0.2) is 18.2 Å². The Morgan fingerprint density at radius 3 is 2.57 bits per heavy atom. The van der Waals surface area contributed by atoms with Crippen LogP contribution in [-0.2, 0) is 0 Å². The molecule has 0 spiro atoms. The standard InChI is InChI=1S/C11H12FNO/c1-7(2)11(14)9-5-8(6-13)3-4-10(9)12/h3-5,7,11,14H,1-2H3. The first-order valence-corrected chi connectivity index (χ1v) is 4.44. The lowest BCUT2D eigenvalue weighted by Gasteiger charge is -2.15. The number of benzene rings is 1. The SMILES string of the molecule is CC(C)C(O)c1cc(C#N)ccc1F. The average Bonchev–Trinajstić information content (AvgIpc) is 2.17. The van der Waals surface area contributed by atoms with E-state index in [1.54, 1.807) is 13.8 Å². The number of rotatable bonds is 2. The average molecular weight is 193 g/mol. The molecular formula is C11H12FNO. The second-order valence-electron chi connectivity index (χ2n) is 3.54. The number of hydrogen-bond donors (Lipinski definition) is 1. The number of halogens is 1. The van der Waals surface area contributed by atoms with Gasteiger partial charge < -0.3 is 5.11 Å². The van der Waals surface area contributed by atoms with Crippen molar-refractivity contribution in [2.45, 2.75) is 20.0 Å². The third-order valence-electron chi connectivity index (χ3n) is 2.08. The third-order valence-corrected chi connectivity index (χ3v) is 2.08. The van der Waals surface area contributed by atoms with E-state index in [9.17, 15) is 9.50 Å². The first kappa shape index (κ1) is 10.7. The van der Waals surface area contributed by atoms with Crippen molar-refractivity contribution in [1.29, 1.82) is 5.26 Å². The summed E-state index contributed by atoms with van der Waals surface area (Å²) in [4.78, 5) is 0. The predicted molar refractivity (Wildman–Crippen MR) is 50.9 cm³/mol. The number of nitrogens with zero attached hydrogens (tertiary/aromatic N) is 1. The van der Waals surface area contributed by atoms with Gasteiger partial charge in [-0.15, -0.1) is 0 Å². The molecule has 0 amide bonds. The highest BCUT2D eigenvalue weighted by atomic mass is 19.1.